The van der Waals surface area contributed by atoms with Crippen LogP contribution >= 0.6 is 22.6 Å². The number of halogens is 4. The zero-order chi connectivity index (χ0) is 34.2. The normalized spacial score (nSPS) is 15.3. The van der Waals surface area contributed by atoms with Crippen molar-refractivity contribution in [3.8, 4) is 0 Å². The second-order valence-electron chi connectivity index (χ2n) is 13.4. The van der Waals surface area contributed by atoms with E-state index in [1.165, 1.54) is 14.9 Å². The number of rotatable bonds is 15. The molecule has 0 amide bonds. The Bertz CT molecular complexity index is 1530. The number of likely N-dealkylation sites (tertiary alicyclic amines) is 1. The average molecular weight is 794 g/mol. The van der Waals surface area contributed by atoms with Gasteiger partial charge in [0.25, 0.3) is 8.32 Å². The fourth-order valence-electron chi connectivity index (χ4n) is 6.77. The highest BCUT2D eigenvalue weighted by Gasteiger charge is 2.50. The maximum absolute atomic E-state index is 13.1. The lowest BCUT2D eigenvalue weighted by Gasteiger charge is -2.43. The number of piperidine rings is 1. The summed E-state index contributed by atoms with van der Waals surface area (Å²) >= 11 is 1.98. The topological polar surface area (TPSA) is 47.9 Å². The van der Waals surface area contributed by atoms with E-state index < -0.39 is 21.0 Å². The molecule has 48 heavy (non-hydrogen) atoms. The lowest BCUT2D eigenvalue weighted by molar-refractivity contribution is -0.140. The van der Waals surface area contributed by atoms with Crippen molar-refractivity contribution in [2.45, 2.75) is 57.4 Å². The van der Waals surface area contributed by atoms with Gasteiger partial charge in [-0.2, -0.15) is 13.2 Å². The Balaban J connectivity index is 1.01. The standard InChI is InChI=1S/C37H47F3IN3O3Si/c1-36(2,3)48(30-11-6-4-7-12-30,31-13-8-5-9-14-31)47-26-25-46-24-23-45-22-21-43-19-17-29(18-20-43)42-33-15-10-16-34-32(33)27-35(41)44(34)28-37(38,39)40/h4-16,27,29,42H,17-26,28H2,1-3H3. The molecule has 260 valence electrons. The molecule has 3 aromatic carbocycles. The van der Waals surface area contributed by atoms with Crippen LogP contribution in [0.4, 0.5) is 18.9 Å². The van der Waals surface area contributed by atoms with E-state index in [2.05, 4.69) is 91.7 Å². The first-order valence-electron chi connectivity index (χ1n) is 16.7. The van der Waals surface area contributed by atoms with Crippen LogP contribution in [-0.2, 0) is 20.4 Å². The summed E-state index contributed by atoms with van der Waals surface area (Å²) < 4.78 is 60.0. The van der Waals surface area contributed by atoms with Crippen LogP contribution in [0.1, 0.15) is 33.6 Å². The van der Waals surface area contributed by atoms with E-state index in [1.807, 2.05) is 40.8 Å². The van der Waals surface area contributed by atoms with Crippen LogP contribution in [0.3, 0.4) is 0 Å². The zero-order valence-electron chi connectivity index (χ0n) is 28.1. The van der Waals surface area contributed by atoms with Gasteiger partial charge in [0.1, 0.15) is 6.54 Å². The van der Waals surface area contributed by atoms with Crippen molar-refractivity contribution in [3.05, 3.63) is 88.6 Å². The second-order valence-corrected chi connectivity index (χ2v) is 18.8. The van der Waals surface area contributed by atoms with Crippen molar-refractivity contribution in [3.63, 3.8) is 0 Å². The summed E-state index contributed by atoms with van der Waals surface area (Å²) in [6.07, 6.45) is -2.34. The van der Waals surface area contributed by atoms with E-state index >= 15 is 0 Å². The maximum atomic E-state index is 13.1. The number of nitrogens with one attached hydrogen (secondary N) is 1. The Kier molecular flexibility index (Phi) is 12.7. The lowest BCUT2D eigenvalue weighted by Crippen LogP contribution is -2.66. The molecule has 1 aliphatic heterocycles. The molecule has 1 fully saturated rings. The van der Waals surface area contributed by atoms with E-state index in [0.29, 0.717) is 42.3 Å². The van der Waals surface area contributed by atoms with Gasteiger partial charge >= 0.3 is 6.18 Å². The number of nitrogens with zero attached hydrogens (tertiary/aromatic N) is 2. The van der Waals surface area contributed by atoms with E-state index in [9.17, 15) is 13.2 Å². The van der Waals surface area contributed by atoms with Crippen LogP contribution in [0.2, 0.25) is 5.04 Å². The van der Waals surface area contributed by atoms with E-state index in [4.69, 9.17) is 13.9 Å². The van der Waals surface area contributed by atoms with Gasteiger partial charge in [0.2, 0.25) is 0 Å². The van der Waals surface area contributed by atoms with E-state index in [0.717, 1.165) is 43.5 Å². The highest BCUT2D eigenvalue weighted by atomic mass is 127. The Morgan fingerprint density at radius 3 is 1.96 bits per heavy atom. The van der Waals surface area contributed by atoms with Crippen LogP contribution in [0.25, 0.3) is 10.9 Å². The maximum Gasteiger partial charge on any atom is 0.406 e. The lowest BCUT2D eigenvalue weighted by atomic mass is 10.0. The number of benzene rings is 3. The largest absolute Gasteiger partial charge is 0.406 e. The fourth-order valence-corrected chi connectivity index (χ4v) is 12.1. The van der Waals surface area contributed by atoms with Gasteiger partial charge in [0, 0.05) is 36.7 Å². The van der Waals surface area contributed by atoms with Crippen molar-refractivity contribution in [2.75, 3.05) is 58.0 Å². The number of hydrogen-bond acceptors (Lipinski definition) is 5. The molecule has 4 aromatic rings. The zero-order valence-corrected chi connectivity index (χ0v) is 31.2. The van der Waals surface area contributed by atoms with Crippen LogP contribution in [0, 0.1) is 3.70 Å². The molecule has 11 heteroatoms. The molecular weight excluding hydrogens is 746 g/mol. The summed E-state index contributed by atoms with van der Waals surface area (Å²) in [5.41, 5.74) is 1.50. The van der Waals surface area contributed by atoms with Gasteiger partial charge in [0.05, 0.1) is 42.3 Å². The molecule has 1 aromatic heterocycles. The number of fused-ring (bicyclic) bond motifs is 1. The van der Waals surface area contributed by atoms with Crippen molar-refractivity contribution in [1.29, 1.82) is 0 Å². The first kappa shape index (κ1) is 36.8. The third-order valence-electron chi connectivity index (χ3n) is 9.07. The van der Waals surface area contributed by atoms with Crippen LogP contribution < -0.4 is 15.7 Å². The highest BCUT2D eigenvalue weighted by Crippen LogP contribution is 2.37. The molecule has 2 heterocycles. The summed E-state index contributed by atoms with van der Waals surface area (Å²) in [5, 5.41) is 6.89. The molecule has 5 rings (SSSR count). The molecule has 1 N–H and O–H groups in total. The number of alkyl halides is 3. The molecule has 6 nitrogen and oxygen atoms in total. The number of anilines is 1. The SMILES string of the molecule is CC(C)(C)[Si](OCCOCCOCCN1CCC(Nc2cccc3c2cc(I)n3CC(F)(F)F)CC1)(c1ccccc1)c1ccccc1. The molecule has 0 atom stereocenters. The summed E-state index contributed by atoms with van der Waals surface area (Å²) in [5.74, 6) is 0. The van der Waals surface area contributed by atoms with Crippen LogP contribution in [0.15, 0.2) is 84.9 Å². The molecule has 0 unspecified atom stereocenters. The smallest absolute Gasteiger partial charge is 0.405 e. The van der Waals surface area contributed by atoms with Crippen molar-refractivity contribution < 1.29 is 27.1 Å². The van der Waals surface area contributed by atoms with Crippen LogP contribution in [-0.4, -0.2) is 82.7 Å². The van der Waals surface area contributed by atoms with Gasteiger partial charge in [0.15, 0.2) is 0 Å². The number of aromatic nitrogens is 1. The molecular formula is C37H47F3IN3O3Si. The second kappa shape index (κ2) is 16.5. The fraction of sp³-hybridized carbons (Fsp3) is 0.459. The van der Waals surface area contributed by atoms with Gasteiger partial charge in [-0.3, -0.25) is 0 Å². The summed E-state index contributed by atoms with van der Waals surface area (Å²) in [6.45, 7) is 11.3. The minimum absolute atomic E-state index is 0.0668. The Labute approximate surface area is 297 Å². The molecule has 0 aliphatic carbocycles. The summed E-state index contributed by atoms with van der Waals surface area (Å²) in [4.78, 5) is 2.40. The Morgan fingerprint density at radius 2 is 1.38 bits per heavy atom. The molecule has 1 aliphatic rings. The Morgan fingerprint density at radius 1 is 0.792 bits per heavy atom. The third-order valence-corrected chi connectivity index (χ3v) is 15.0. The first-order valence-corrected chi connectivity index (χ1v) is 19.7. The third kappa shape index (κ3) is 9.22. The van der Waals surface area contributed by atoms with Crippen LogP contribution in [0.5, 0.6) is 0 Å². The van der Waals surface area contributed by atoms with Gasteiger partial charge in [-0.15, -0.1) is 0 Å². The van der Waals surface area contributed by atoms with Crippen molar-refractivity contribution >= 4 is 57.9 Å². The van der Waals surface area contributed by atoms with Crippen molar-refractivity contribution in [2.24, 2.45) is 0 Å². The minimum Gasteiger partial charge on any atom is -0.405 e. The van der Waals surface area contributed by atoms with Gasteiger partial charge in [-0.25, -0.2) is 0 Å². The first-order chi connectivity index (χ1) is 23.0. The van der Waals surface area contributed by atoms with Crippen molar-refractivity contribution in [1.82, 2.24) is 9.47 Å². The average Bonchev–Trinajstić information content (AvgIpc) is 3.37. The summed E-state index contributed by atoms with van der Waals surface area (Å²) in [6, 6.07) is 28.9. The van der Waals surface area contributed by atoms with Gasteiger partial charge in [-0.1, -0.05) is 87.5 Å². The quantitative estimate of drug-likeness (QED) is 0.0779. The highest BCUT2D eigenvalue weighted by molar-refractivity contribution is 14.1. The number of hydrogen-bond donors (Lipinski definition) is 1. The molecule has 0 spiro atoms. The molecule has 0 saturated carbocycles. The van der Waals surface area contributed by atoms with Gasteiger partial charge in [-0.05, 0) is 69.0 Å². The molecule has 0 bridgehead atoms. The molecule has 0 radical (unpaired) electrons. The van der Waals surface area contributed by atoms with E-state index in [-0.39, 0.29) is 11.1 Å². The number of ether oxygens (including phenoxy) is 2. The predicted molar refractivity (Wildman–Crippen MR) is 199 cm³/mol. The van der Waals surface area contributed by atoms with E-state index in [1.54, 1.807) is 6.07 Å². The summed E-state index contributed by atoms with van der Waals surface area (Å²) in [7, 11) is -2.56. The molecule has 1 saturated heterocycles. The monoisotopic (exact) mass is 793 g/mol. The van der Waals surface area contributed by atoms with Gasteiger partial charge < -0.3 is 28.7 Å². The minimum atomic E-state index is -4.26. The predicted octanol–water partition coefficient (Wildman–Crippen LogP) is 7.29. The Hall–Kier alpha value is -2.42.